The molecule has 1 amide bonds. The van der Waals surface area contributed by atoms with Crippen molar-refractivity contribution in [2.24, 2.45) is 17.3 Å². The molecule has 0 spiro atoms. The molecule has 2 atom stereocenters. The second kappa shape index (κ2) is 7.32. The number of benzene rings is 1. The lowest BCUT2D eigenvalue weighted by Crippen LogP contribution is -2.60. The number of nitrogens with zero attached hydrogens (tertiary/aromatic N) is 3. The molecule has 1 aromatic carbocycles. The molecule has 0 aliphatic heterocycles. The molecular weight excluding hydrogens is 430 g/mol. The minimum absolute atomic E-state index is 0.0539. The van der Waals surface area contributed by atoms with E-state index in [0.717, 1.165) is 32.1 Å². The van der Waals surface area contributed by atoms with Gasteiger partial charge in [0.25, 0.3) is 0 Å². The molecule has 1 N–H and O–H groups in total. The Bertz CT molecular complexity index is 1000. The Labute approximate surface area is 183 Å². The maximum atomic E-state index is 13.5. The Balaban J connectivity index is 1.40. The van der Waals surface area contributed by atoms with E-state index in [4.69, 9.17) is 16.3 Å². The van der Waals surface area contributed by atoms with E-state index < -0.39 is 12.0 Å². The summed E-state index contributed by atoms with van der Waals surface area (Å²) in [6.45, 7) is -2.96. The van der Waals surface area contributed by atoms with Crippen LogP contribution < -0.4 is 14.8 Å². The zero-order valence-electron chi connectivity index (χ0n) is 17.0. The predicted molar refractivity (Wildman–Crippen MR) is 108 cm³/mol. The molecule has 4 aliphatic carbocycles. The van der Waals surface area contributed by atoms with Crippen molar-refractivity contribution in [1.29, 1.82) is 0 Å². The normalized spacial score (nSPS) is 31.1. The van der Waals surface area contributed by atoms with Crippen LogP contribution in [0, 0.1) is 17.3 Å². The lowest BCUT2D eigenvalue weighted by Gasteiger charge is -2.60. The van der Waals surface area contributed by atoms with E-state index in [-0.39, 0.29) is 28.2 Å². The number of nitrogens with one attached hydrogen (secondary N) is 1. The number of amides is 1. The predicted octanol–water partition coefficient (Wildman–Crippen LogP) is 4.48. The lowest BCUT2D eigenvalue weighted by atomic mass is 9.46. The quantitative estimate of drug-likeness (QED) is 0.699. The Kier molecular flexibility index (Phi) is 4.84. The molecule has 6 rings (SSSR count). The van der Waals surface area contributed by atoms with Gasteiger partial charge in [0, 0.05) is 11.8 Å². The van der Waals surface area contributed by atoms with Crippen LogP contribution in [-0.2, 0) is 10.3 Å². The van der Waals surface area contributed by atoms with Gasteiger partial charge < -0.3 is 14.8 Å². The van der Waals surface area contributed by atoms with Crippen LogP contribution in [0.1, 0.15) is 38.5 Å². The summed E-state index contributed by atoms with van der Waals surface area (Å²) in [5.41, 5.74) is -0.265. The highest BCUT2D eigenvalue weighted by molar-refractivity contribution is 6.28. The molecule has 2 aromatic rings. The van der Waals surface area contributed by atoms with E-state index >= 15 is 0 Å². The molecular formula is C21H23ClF2N4O3. The van der Waals surface area contributed by atoms with Crippen molar-refractivity contribution in [3.63, 3.8) is 0 Å². The van der Waals surface area contributed by atoms with E-state index in [9.17, 15) is 13.6 Å². The summed E-state index contributed by atoms with van der Waals surface area (Å²) in [6, 6.07) is 4.42. The van der Waals surface area contributed by atoms with Gasteiger partial charge in [0.2, 0.25) is 11.2 Å². The van der Waals surface area contributed by atoms with E-state index in [1.54, 1.807) is 12.4 Å². The number of methoxy groups -OCH3 is 1. The standard InChI is InChI=1S/C21H23ClF2N4O3/c1-30-16-5-14(2-3-15(16)31-19(23)24)26-17(29)20-6-12-4-13(7-20)9-21(8-12,10-20)28-11-25-18(22)27-28/h2-3,5,11-13,19H,4,6-10H2,1H3,(H,26,29)/t12-,13-,20?,21?/m0/s1. The molecule has 31 heavy (non-hydrogen) atoms. The Hall–Kier alpha value is -2.42. The molecule has 4 aliphatic rings. The number of rotatable bonds is 6. The van der Waals surface area contributed by atoms with Gasteiger partial charge in [0.1, 0.15) is 6.33 Å². The van der Waals surface area contributed by atoms with Crippen molar-refractivity contribution in [2.45, 2.75) is 50.7 Å². The summed E-state index contributed by atoms with van der Waals surface area (Å²) in [4.78, 5) is 17.6. The fourth-order valence-electron chi connectivity index (χ4n) is 6.42. The summed E-state index contributed by atoms with van der Waals surface area (Å²) >= 11 is 5.99. The smallest absolute Gasteiger partial charge is 0.387 e. The van der Waals surface area contributed by atoms with Gasteiger partial charge in [0.05, 0.1) is 18.1 Å². The number of hydrogen-bond acceptors (Lipinski definition) is 5. The van der Waals surface area contributed by atoms with E-state index in [0.29, 0.717) is 23.9 Å². The van der Waals surface area contributed by atoms with Gasteiger partial charge in [-0.1, -0.05) is 0 Å². The zero-order valence-corrected chi connectivity index (χ0v) is 17.7. The minimum atomic E-state index is -2.96. The van der Waals surface area contributed by atoms with Crippen LogP contribution in [0.15, 0.2) is 24.5 Å². The van der Waals surface area contributed by atoms with Crippen LogP contribution in [0.3, 0.4) is 0 Å². The third-order valence-electron chi connectivity index (χ3n) is 7.10. The minimum Gasteiger partial charge on any atom is -0.493 e. The van der Waals surface area contributed by atoms with Crippen molar-refractivity contribution in [3.05, 3.63) is 29.8 Å². The molecule has 1 heterocycles. The molecule has 1 aromatic heterocycles. The van der Waals surface area contributed by atoms with Gasteiger partial charge in [0.15, 0.2) is 11.5 Å². The lowest BCUT2D eigenvalue weighted by molar-refractivity contribution is -0.150. The van der Waals surface area contributed by atoms with E-state index in [1.807, 2.05) is 4.68 Å². The number of ether oxygens (including phenoxy) is 2. The molecule has 166 valence electrons. The first-order valence-corrected chi connectivity index (χ1v) is 10.7. The molecule has 4 fully saturated rings. The average Bonchev–Trinajstić information content (AvgIpc) is 3.15. The molecule has 4 bridgehead atoms. The van der Waals surface area contributed by atoms with Crippen molar-refractivity contribution >= 4 is 23.2 Å². The van der Waals surface area contributed by atoms with E-state index in [2.05, 4.69) is 20.1 Å². The number of anilines is 1. The Morgan fingerprint density at radius 2 is 2.00 bits per heavy atom. The van der Waals surface area contributed by atoms with Crippen molar-refractivity contribution in [1.82, 2.24) is 14.8 Å². The topological polar surface area (TPSA) is 78.3 Å². The number of carbonyl (C=O) groups excluding carboxylic acids is 1. The van der Waals surface area contributed by atoms with Crippen LogP contribution in [-0.4, -0.2) is 34.4 Å². The van der Waals surface area contributed by atoms with Crippen molar-refractivity contribution < 1.29 is 23.0 Å². The number of aromatic nitrogens is 3. The summed E-state index contributed by atoms with van der Waals surface area (Å²) in [5, 5.41) is 7.59. The van der Waals surface area contributed by atoms with Gasteiger partial charge in [-0.25, -0.2) is 9.67 Å². The van der Waals surface area contributed by atoms with Crippen LogP contribution in [0.5, 0.6) is 11.5 Å². The van der Waals surface area contributed by atoms with Crippen LogP contribution in [0.4, 0.5) is 14.5 Å². The summed E-state index contributed by atoms with van der Waals surface area (Å²) in [7, 11) is 1.37. The monoisotopic (exact) mass is 452 g/mol. The Morgan fingerprint density at radius 1 is 1.26 bits per heavy atom. The summed E-state index contributed by atoms with van der Waals surface area (Å²) < 4.78 is 36.6. The fourth-order valence-corrected chi connectivity index (χ4v) is 6.55. The van der Waals surface area contributed by atoms with Gasteiger partial charge in [-0.3, -0.25) is 4.79 Å². The van der Waals surface area contributed by atoms with Gasteiger partial charge >= 0.3 is 6.61 Å². The summed E-state index contributed by atoms with van der Waals surface area (Å²) in [5.74, 6) is 0.907. The molecule has 7 nitrogen and oxygen atoms in total. The van der Waals surface area contributed by atoms with Crippen molar-refractivity contribution in [3.8, 4) is 11.5 Å². The number of hydrogen-bond donors (Lipinski definition) is 1. The molecule has 0 radical (unpaired) electrons. The molecule has 0 saturated heterocycles. The van der Waals surface area contributed by atoms with Gasteiger partial charge in [-0.05, 0) is 74.1 Å². The zero-order chi connectivity index (χ0) is 21.8. The number of alkyl halides is 2. The maximum Gasteiger partial charge on any atom is 0.387 e. The average molecular weight is 453 g/mol. The van der Waals surface area contributed by atoms with Crippen LogP contribution in [0.25, 0.3) is 0 Å². The first kappa shape index (κ1) is 20.5. The first-order chi connectivity index (χ1) is 14.8. The Morgan fingerprint density at radius 3 is 2.61 bits per heavy atom. The fraction of sp³-hybridized carbons (Fsp3) is 0.571. The van der Waals surface area contributed by atoms with Gasteiger partial charge in [-0.2, -0.15) is 8.78 Å². The third kappa shape index (κ3) is 3.52. The van der Waals surface area contributed by atoms with Crippen molar-refractivity contribution in [2.75, 3.05) is 12.4 Å². The molecule has 10 heteroatoms. The second-order valence-electron chi connectivity index (χ2n) is 9.12. The highest BCUT2D eigenvalue weighted by Gasteiger charge is 2.61. The summed E-state index contributed by atoms with van der Waals surface area (Å²) in [6.07, 6.45) is 7.12. The highest BCUT2D eigenvalue weighted by atomic mass is 35.5. The van der Waals surface area contributed by atoms with Crippen LogP contribution in [0.2, 0.25) is 5.28 Å². The molecule has 0 unspecified atom stereocenters. The van der Waals surface area contributed by atoms with Gasteiger partial charge in [-0.15, -0.1) is 5.10 Å². The number of carbonyl (C=O) groups is 1. The van der Waals surface area contributed by atoms with E-state index in [1.165, 1.54) is 19.2 Å². The maximum absolute atomic E-state index is 13.5. The molecule has 4 saturated carbocycles. The second-order valence-corrected chi connectivity index (χ2v) is 9.46. The third-order valence-corrected chi connectivity index (χ3v) is 7.27. The number of halogens is 3. The first-order valence-electron chi connectivity index (χ1n) is 10.3. The highest BCUT2D eigenvalue weighted by Crippen LogP contribution is 2.64. The SMILES string of the molecule is COc1cc(NC(=O)C23C[C@@H]4C[C@@H](C2)CC(n2cnc(Cl)n2)(C4)C3)ccc1OC(F)F. The largest absolute Gasteiger partial charge is 0.493 e. The van der Waals surface area contributed by atoms with Crippen LogP contribution >= 0.6 is 11.6 Å².